The van der Waals surface area contributed by atoms with Gasteiger partial charge in [-0.15, -0.1) is 0 Å². The van der Waals surface area contributed by atoms with E-state index in [0.29, 0.717) is 6.61 Å². The Morgan fingerprint density at radius 2 is 2.14 bits per heavy atom. The van der Waals surface area contributed by atoms with Crippen LogP contribution in [0.1, 0.15) is 18.9 Å². The Morgan fingerprint density at radius 3 is 2.71 bits per heavy atom. The summed E-state index contributed by atoms with van der Waals surface area (Å²) in [6.07, 6.45) is 2.54. The smallest absolute Gasteiger partial charge is 0.135 e. The normalized spacial score (nSPS) is 11.1. The highest BCUT2D eigenvalue weighted by Gasteiger charge is 1.99. The average molecular weight is 189 g/mol. The highest BCUT2D eigenvalue weighted by atomic mass is 16.6. The first-order valence-electron chi connectivity index (χ1n) is 4.73. The van der Waals surface area contributed by atoms with E-state index in [-0.39, 0.29) is 0 Å². The maximum Gasteiger partial charge on any atom is 0.135 e. The van der Waals surface area contributed by atoms with Crippen molar-refractivity contribution in [2.45, 2.75) is 13.3 Å². The van der Waals surface area contributed by atoms with E-state index in [1.807, 2.05) is 30.3 Å². The van der Waals surface area contributed by atoms with Gasteiger partial charge in [0.05, 0.1) is 5.71 Å². The zero-order valence-corrected chi connectivity index (χ0v) is 8.44. The molecule has 0 aliphatic heterocycles. The van der Waals surface area contributed by atoms with Crippen LogP contribution in [0.3, 0.4) is 0 Å². The van der Waals surface area contributed by atoms with Crippen molar-refractivity contribution in [2.75, 3.05) is 6.61 Å². The second-order valence-electron chi connectivity index (χ2n) is 2.84. The minimum Gasteiger partial charge on any atom is -0.391 e. The summed E-state index contributed by atoms with van der Waals surface area (Å²) in [5.74, 6) is 0. The van der Waals surface area contributed by atoms with Crippen LogP contribution in [0.25, 0.3) is 0 Å². The molecule has 0 amide bonds. The van der Waals surface area contributed by atoms with Crippen LogP contribution in [0, 0.1) is 0 Å². The molecule has 0 saturated carbocycles. The van der Waals surface area contributed by atoms with Gasteiger partial charge in [-0.25, -0.2) is 0 Å². The van der Waals surface area contributed by atoms with Crippen molar-refractivity contribution in [3.8, 4) is 0 Å². The zero-order valence-electron chi connectivity index (χ0n) is 8.44. The van der Waals surface area contributed by atoms with Crippen molar-refractivity contribution in [1.29, 1.82) is 0 Å². The molecule has 1 aromatic rings. The molecule has 0 spiro atoms. The highest BCUT2D eigenvalue weighted by Crippen LogP contribution is 2.04. The maximum absolute atomic E-state index is 5.06. The first-order chi connectivity index (χ1) is 6.88. The van der Waals surface area contributed by atoms with Crippen LogP contribution in [-0.2, 0) is 4.84 Å². The van der Waals surface area contributed by atoms with Gasteiger partial charge >= 0.3 is 0 Å². The fraction of sp³-hybridized carbons (Fsp3) is 0.250. The lowest BCUT2D eigenvalue weighted by atomic mass is 10.1. The Labute approximate surface area is 84.9 Å². The van der Waals surface area contributed by atoms with E-state index in [4.69, 9.17) is 4.84 Å². The Kier molecular flexibility index (Phi) is 4.48. The molecule has 0 bridgehead atoms. The molecule has 0 N–H and O–H groups in total. The first-order valence-corrected chi connectivity index (χ1v) is 4.73. The molecular weight excluding hydrogens is 174 g/mol. The lowest BCUT2D eigenvalue weighted by Gasteiger charge is -2.02. The quantitative estimate of drug-likeness (QED) is 0.302. The summed E-state index contributed by atoms with van der Waals surface area (Å²) in [5.41, 5.74) is 2.08. The largest absolute Gasteiger partial charge is 0.391 e. The van der Waals surface area contributed by atoms with E-state index in [1.165, 1.54) is 0 Å². The van der Waals surface area contributed by atoms with Gasteiger partial charge in [0, 0.05) is 0 Å². The molecule has 0 fully saturated rings. The Hall–Kier alpha value is -1.57. The highest BCUT2D eigenvalue weighted by molar-refractivity contribution is 5.99. The topological polar surface area (TPSA) is 21.6 Å². The van der Waals surface area contributed by atoms with Crippen molar-refractivity contribution < 1.29 is 4.84 Å². The first kappa shape index (κ1) is 10.5. The fourth-order valence-corrected chi connectivity index (χ4v) is 1.12. The Bertz CT molecular complexity index is 303. The van der Waals surface area contributed by atoms with Gasteiger partial charge in [0.2, 0.25) is 0 Å². The molecule has 0 aliphatic rings. The molecule has 0 heterocycles. The molecule has 74 valence electrons. The number of hydrogen-bond acceptors (Lipinski definition) is 2. The van der Waals surface area contributed by atoms with Crippen LogP contribution in [0.2, 0.25) is 0 Å². The van der Waals surface area contributed by atoms with Crippen LogP contribution in [0.4, 0.5) is 0 Å². The minimum absolute atomic E-state index is 0.455. The van der Waals surface area contributed by atoms with Gasteiger partial charge in [-0.3, -0.25) is 0 Å². The van der Waals surface area contributed by atoms with E-state index in [9.17, 15) is 0 Å². The van der Waals surface area contributed by atoms with Crippen LogP contribution >= 0.6 is 0 Å². The van der Waals surface area contributed by atoms with Crippen molar-refractivity contribution in [2.24, 2.45) is 5.16 Å². The number of rotatable bonds is 5. The zero-order chi connectivity index (χ0) is 10.2. The van der Waals surface area contributed by atoms with Crippen LogP contribution in [-0.4, -0.2) is 12.3 Å². The summed E-state index contributed by atoms with van der Waals surface area (Å²) >= 11 is 0. The molecule has 0 saturated heterocycles. The van der Waals surface area contributed by atoms with Crippen molar-refractivity contribution >= 4 is 5.71 Å². The number of nitrogens with zero attached hydrogens (tertiary/aromatic N) is 1. The van der Waals surface area contributed by atoms with Gasteiger partial charge in [0.1, 0.15) is 6.61 Å². The number of hydrogen-bond donors (Lipinski definition) is 0. The SMILES string of the molecule is C=CCON=C(CC)c1ccccc1. The molecule has 0 atom stereocenters. The summed E-state index contributed by atoms with van der Waals surface area (Å²) in [6, 6.07) is 10.0. The second kappa shape index (κ2) is 5.97. The van der Waals surface area contributed by atoms with Crippen molar-refractivity contribution in [1.82, 2.24) is 0 Å². The van der Waals surface area contributed by atoms with Crippen LogP contribution < -0.4 is 0 Å². The molecule has 1 aromatic carbocycles. The van der Waals surface area contributed by atoms with E-state index >= 15 is 0 Å². The third-order valence-electron chi connectivity index (χ3n) is 1.81. The average Bonchev–Trinajstić information content (AvgIpc) is 2.26. The van der Waals surface area contributed by atoms with Gasteiger partial charge in [0.25, 0.3) is 0 Å². The molecule has 0 aliphatic carbocycles. The summed E-state index contributed by atoms with van der Waals surface area (Å²) in [4.78, 5) is 5.06. The second-order valence-corrected chi connectivity index (χ2v) is 2.84. The molecule has 0 aromatic heterocycles. The monoisotopic (exact) mass is 189 g/mol. The maximum atomic E-state index is 5.06. The van der Waals surface area contributed by atoms with Crippen molar-refractivity contribution in [3.63, 3.8) is 0 Å². The fourth-order valence-electron chi connectivity index (χ4n) is 1.12. The number of benzene rings is 1. The third kappa shape index (κ3) is 3.05. The molecule has 0 unspecified atom stereocenters. The molecule has 2 heteroatoms. The third-order valence-corrected chi connectivity index (χ3v) is 1.81. The van der Waals surface area contributed by atoms with Gasteiger partial charge in [-0.05, 0) is 12.0 Å². The van der Waals surface area contributed by atoms with Gasteiger partial charge in [0.15, 0.2) is 0 Å². The lowest BCUT2D eigenvalue weighted by Crippen LogP contribution is -2.00. The molecule has 2 nitrogen and oxygen atoms in total. The van der Waals surface area contributed by atoms with E-state index in [0.717, 1.165) is 17.7 Å². The Morgan fingerprint density at radius 1 is 1.43 bits per heavy atom. The molecule has 0 radical (unpaired) electrons. The predicted octanol–water partition coefficient (Wildman–Crippen LogP) is 3.00. The van der Waals surface area contributed by atoms with E-state index in [1.54, 1.807) is 6.08 Å². The van der Waals surface area contributed by atoms with E-state index in [2.05, 4.69) is 18.7 Å². The number of oxime groups is 1. The standard InChI is InChI=1S/C12H15NO/c1-3-10-14-13-12(4-2)11-8-6-5-7-9-11/h3,5-9H,1,4,10H2,2H3. The van der Waals surface area contributed by atoms with Crippen LogP contribution in [0.5, 0.6) is 0 Å². The predicted molar refractivity (Wildman–Crippen MR) is 59.4 cm³/mol. The Balaban J connectivity index is 2.71. The van der Waals surface area contributed by atoms with Gasteiger partial charge in [-0.1, -0.05) is 55.1 Å². The lowest BCUT2D eigenvalue weighted by molar-refractivity contribution is 0.174. The molecular formula is C12H15NO. The van der Waals surface area contributed by atoms with Gasteiger partial charge in [-0.2, -0.15) is 0 Å². The molecule has 14 heavy (non-hydrogen) atoms. The summed E-state index contributed by atoms with van der Waals surface area (Å²) in [7, 11) is 0. The van der Waals surface area contributed by atoms with Crippen LogP contribution in [0.15, 0.2) is 48.1 Å². The summed E-state index contributed by atoms with van der Waals surface area (Å²) < 4.78 is 0. The summed E-state index contributed by atoms with van der Waals surface area (Å²) in [6.45, 7) is 6.08. The van der Waals surface area contributed by atoms with E-state index < -0.39 is 0 Å². The van der Waals surface area contributed by atoms with Gasteiger partial charge < -0.3 is 4.84 Å². The van der Waals surface area contributed by atoms with Crippen molar-refractivity contribution in [3.05, 3.63) is 48.6 Å². The minimum atomic E-state index is 0.455. The molecule has 1 rings (SSSR count). The summed E-state index contributed by atoms with van der Waals surface area (Å²) in [5, 5.41) is 4.05.